The van der Waals surface area contributed by atoms with Gasteiger partial charge in [0.25, 0.3) is 0 Å². The second-order valence-corrected chi connectivity index (χ2v) is 3.97. The van der Waals surface area contributed by atoms with E-state index < -0.39 is 0 Å². The second kappa shape index (κ2) is 1.82. The Morgan fingerprint density at radius 1 is 1.30 bits per heavy atom. The molecule has 10 heavy (non-hydrogen) atoms. The van der Waals surface area contributed by atoms with Gasteiger partial charge in [-0.15, -0.1) is 0 Å². The molecule has 1 spiro atoms. The molecule has 2 fully saturated rings. The van der Waals surface area contributed by atoms with Crippen molar-refractivity contribution >= 4 is 6.29 Å². The van der Waals surface area contributed by atoms with Gasteiger partial charge in [-0.25, -0.2) is 0 Å². The highest BCUT2D eigenvalue weighted by molar-refractivity contribution is 5.56. The lowest BCUT2D eigenvalue weighted by molar-refractivity contribution is -0.123. The Labute approximate surface area is 60.8 Å². The van der Waals surface area contributed by atoms with Gasteiger partial charge in [-0.3, -0.25) is 0 Å². The minimum atomic E-state index is 0.368. The van der Waals surface area contributed by atoms with Crippen LogP contribution in [0.5, 0.6) is 0 Å². The van der Waals surface area contributed by atoms with Crippen LogP contribution < -0.4 is 5.73 Å². The lowest BCUT2D eigenvalue weighted by atomic mass is 9.50. The van der Waals surface area contributed by atoms with E-state index in [0.717, 1.165) is 32.0 Å². The molecule has 2 aliphatic carbocycles. The molecule has 2 heteroatoms. The third kappa shape index (κ3) is 0.717. The third-order valence-corrected chi connectivity index (χ3v) is 2.97. The average Bonchev–Trinajstić information content (AvgIpc) is 1.74. The maximum atomic E-state index is 10.3. The Hall–Kier alpha value is -0.370. The number of carbonyl (C=O) groups excluding carboxylic acids is 1. The lowest BCUT2D eigenvalue weighted by Gasteiger charge is -2.55. The van der Waals surface area contributed by atoms with E-state index in [0.29, 0.717) is 17.4 Å². The maximum absolute atomic E-state index is 10.3. The molecule has 0 aromatic heterocycles. The Balaban J connectivity index is 1.85. The van der Waals surface area contributed by atoms with Crippen LogP contribution in [0.15, 0.2) is 0 Å². The summed E-state index contributed by atoms with van der Waals surface area (Å²) in [4.78, 5) is 10.3. The number of rotatable bonds is 1. The van der Waals surface area contributed by atoms with Crippen LogP contribution >= 0.6 is 0 Å². The van der Waals surface area contributed by atoms with Gasteiger partial charge >= 0.3 is 0 Å². The van der Waals surface area contributed by atoms with Gasteiger partial charge in [-0.05, 0) is 31.1 Å². The largest absolute Gasteiger partial charge is 0.328 e. The van der Waals surface area contributed by atoms with Crippen LogP contribution in [0.3, 0.4) is 0 Å². The molecule has 2 saturated carbocycles. The Morgan fingerprint density at radius 2 is 1.90 bits per heavy atom. The van der Waals surface area contributed by atoms with Gasteiger partial charge in [0.15, 0.2) is 0 Å². The van der Waals surface area contributed by atoms with Crippen LogP contribution in [0.1, 0.15) is 25.7 Å². The first-order chi connectivity index (χ1) is 4.74. The molecule has 2 aliphatic rings. The molecule has 2 rings (SSSR count). The Bertz CT molecular complexity index is 153. The molecule has 0 saturated heterocycles. The topological polar surface area (TPSA) is 43.1 Å². The minimum Gasteiger partial charge on any atom is -0.328 e. The van der Waals surface area contributed by atoms with E-state index in [1.165, 1.54) is 0 Å². The van der Waals surface area contributed by atoms with E-state index in [-0.39, 0.29) is 0 Å². The molecule has 0 aliphatic heterocycles. The monoisotopic (exact) mass is 139 g/mol. The van der Waals surface area contributed by atoms with Crippen molar-refractivity contribution in [2.75, 3.05) is 0 Å². The van der Waals surface area contributed by atoms with Crippen molar-refractivity contribution < 1.29 is 4.79 Å². The minimum absolute atomic E-state index is 0.368. The molecular formula is C8H13NO. The molecule has 2 N–H and O–H groups in total. The SMILES string of the molecule is NC1CC2(C1)CC(C=O)C2. The van der Waals surface area contributed by atoms with Gasteiger partial charge < -0.3 is 10.5 Å². The summed E-state index contributed by atoms with van der Waals surface area (Å²) in [5.41, 5.74) is 6.19. The molecule has 0 bridgehead atoms. The van der Waals surface area contributed by atoms with Crippen molar-refractivity contribution in [3.05, 3.63) is 0 Å². The Kier molecular flexibility index (Phi) is 1.15. The first kappa shape index (κ1) is 6.35. The van der Waals surface area contributed by atoms with Crippen LogP contribution in [0, 0.1) is 11.3 Å². The summed E-state index contributed by atoms with van der Waals surface area (Å²) >= 11 is 0. The number of aldehydes is 1. The van der Waals surface area contributed by atoms with Crippen molar-refractivity contribution in [1.82, 2.24) is 0 Å². The molecule has 0 amide bonds. The van der Waals surface area contributed by atoms with Crippen molar-refractivity contribution in [3.8, 4) is 0 Å². The molecule has 0 unspecified atom stereocenters. The summed E-state index contributed by atoms with van der Waals surface area (Å²) in [6.07, 6.45) is 5.65. The number of hydrogen-bond acceptors (Lipinski definition) is 2. The van der Waals surface area contributed by atoms with Gasteiger partial charge in [-0.1, -0.05) is 0 Å². The molecule has 0 aromatic carbocycles. The fraction of sp³-hybridized carbons (Fsp3) is 0.875. The second-order valence-electron chi connectivity index (χ2n) is 3.97. The molecule has 0 heterocycles. The molecular weight excluding hydrogens is 126 g/mol. The smallest absolute Gasteiger partial charge is 0.123 e. The number of carbonyl (C=O) groups is 1. The van der Waals surface area contributed by atoms with E-state index >= 15 is 0 Å². The van der Waals surface area contributed by atoms with Crippen molar-refractivity contribution in [2.45, 2.75) is 31.7 Å². The number of nitrogens with two attached hydrogens (primary N) is 1. The van der Waals surface area contributed by atoms with Gasteiger partial charge in [0.2, 0.25) is 0 Å². The van der Waals surface area contributed by atoms with E-state index in [1.807, 2.05) is 0 Å². The van der Waals surface area contributed by atoms with Gasteiger partial charge in [0.05, 0.1) is 0 Å². The van der Waals surface area contributed by atoms with Crippen LogP contribution in [-0.4, -0.2) is 12.3 Å². The molecule has 0 radical (unpaired) electrons. The summed E-state index contributed by atoms with van der Waals surface area (Å²) in [5.74, 6) is 0.368. The van der Waals surface area contributed by atoms with Gasteiger partial charge in [0.1, 0.15) is 6.29 Å². The number of hydrogen-bond donors (Lipinski definition) is 1. The van der Waals surface area contributed by atoms with Crippen LogP contribution in [-0.2, 0) is 4.79 Å². The first-order valence-electron chi connectivity index (χ1n) is 3.95. The summed E-state index contributed by atoms with van der Waals surface area (Å²) in [5, 5.41) is 0. The van der Waals surface area contributed by atoms with Crippen molar-refractivity contribution in [3.63, 3.8) is 0 Å². The molecule has 56 valence electrons. The van der Waals surface area contributed by atoms with Crippen LogP contribution in [0.2, 0.25) is 0 Å². The molecule has 2 nitrogen and oxygen atoms in total. The van der Waals surface area contributed by atoms with Crippen LogP contribution in [0.4, 0.5) is 0 Å². The predicted molar refractivity (Wildman–Crippen MR) is 38.4 cm³/mol. The van der Waals surface area contributed by atoms with Crippen molar-refractivity contribution in [1.29, 1.82) is 0 Å². The fourth-order valence-electron chi connectivity index (χ4n) is 2.53. The summed E-state index contributed by atoms with van der Waals surface area (Å²) in [6.45, 7) is 0. The van der Waals surface area contributed by atoms with E-state index in [1.54, 1.807) is 0 Å². The first-order valence-corrected chi connectivity index (χ1v) is 3.95. The average molecular weight is 139 g/mol. The van der Waals surface area contributed by atoms with E-state index in [4.69, 9.17) is 5.73 Å². The lowest BCUT2D eigenvalue weighted by Crippen LogP contribution is -2.53. The predicted octanol–water partition coefficient (Wildman–Crippen LogP) is 0.703. The highest BCUT2D eigenvalue weighted by atomic mass is 16.1. The summed E-state index contributed by atoms with van der Waals surface area (Å²) in [6, 6.07) is 0.438. The zero-order valence-electron chi connectivity index (χ0n) is 6.05. The Morgan fingerprint density at radius 3 is 2.30 bits per heavy atom. The van der Waals surface area contributed by atoms with E-state index in [9.17, 15) is 4.79 Å². The maximum Gasteiger partial charge on any atom is 0.123 e. The highest BCUT2D eigenvalue weighted by Gasteiger charge is 2.51. The zero-order chi connectivity index (χ0) is 7.19. The normalized spacial score (nSPS) is 51.7. The summed E-state index contributed by atoms with van der Waals surface area (Å²) in [7, 11) is 0. The fourth-order valence-corrected chi connectivity index (χ4v) is 2.53. The summed E-state index contributed by atoms with van der Waals surface area (Å²) < 4.78 is 0. The van der Waals surface area contributed by atoms with Gasteiger partial charge in [0, 0.05) is 12.0 Å². The molecule has 0 aromatic rings. The zero-order valence-corrected chi connectivity index (χ0v) is 6.05. The van der Waals surface area contributed by atoms with Crippen LogP contribution in [0.25, 0.3) is 0 Å². The van der Waals surface area contributed by atoms with Crippen molar-refractivity contribution in [2.24, 2.45) is 17.1 Å². The van der Waals surface area contributed by atoms with Gasteiger partial charge in [-0.2, -0.15) is 0 Å². The molecule has 0 atom stereocenters. The highest BCUT2D eigenvalue weighted by Crippen LogP contribution is 2.57. The van der Waals surface area contributed by atoms with E-state index in [2.05, 4.69) is 0 Å². The quantitative estimate of drug-likeness (QED) is 0.543. The third-order valence-electron chi connectivity index (χ3n) is 2.97. The standard InChI is InChI=1S/C8H13NO/c9-7-3-8(4-7)1-6(2-8)5-10/h5-7H,1-4,9H2.